The van der Waals surface area contributed by atoms with Gasteiger partial charge in [0.2, 0.25) is 11.8 Å². The van der Waals surface area contributed by atoms with Gasteiger partial charge in [-0.25, -0.2) is 0 Å². The molecule has 0 aliphatic heterocycles. The van der Waals surface area contributed by atoms with E-state index >= 15 is 0 Å². The molecule has 5 heteroatoms. The van der Waals surface area contributed by atoms with Crippen LogP contribution in [0, 0.1) is 13.8 Å². The summed E-state index contributed by atoms with van der Waals surface area (Å²) in [6.07, 6.45) is 0.923. The fourth-order valence-electron chi connectivity index (χ4n) is 3.19. The zero-order valence-electron chi connectivity index (χ0n) is 18.8. The molecule has 5 nitrogen and oxygen atoms in total. The number of amides is 2. The molecular formula is C25H34N2O3. The van der Waals surface area contributed by atoms with Crippen LogP contribution in [0.3, 0.4) is 0 Å². The maximum atomic E-state index is 13.0. The molecule has 0 fully saturated rings. The number of hydrogen-bond donors (Lipinski definition) is 1. The number of hydrogen-bond acceptors (Lipinski definition) is 3. The molecule has 0 saturated heterocycles. The van der Waals surface area contributed by atoms with Crippen LogP contribution >= 0.6 is 0 Å². The number of nitrogens with zero attached hydrogens (tertiary/aromatic N) is 1. The van der Waals surface area contributed by atoms with Gasteiger partial charge in [0.1, 0.15) is 11.8 Å². The standard InChI is InChI=1S/C25H34N2O3/c1-18(2)26-25(29)21(5)27(17-22-9-6-8-20(4)16-22)24(28)10-7-15-30-23-13-11-19(3)12-14-23/h6,8-9,11-14,16,18,21H,7,10,15,17H2,1-5H3,(H,26,29). The lowest BCUT2D eigenvalue weighted by atomic mass is 10.1. The molecule has 0 saturated carbocycles. The first-order valence-electron chi connectivity index (χ1n) is 10.6. The Bertz CT molecular complexity index is 831. The molecule has 1 unspecified atom stereocenters. The molecule has 2 amide bonds. The van der Waals surface area contributed by atoms with Crippen LogP contribution in [0.1, 0.15) is 50.3 Å². The lowest BCUT2D eigenvalue weighted by Gasteiger charge is -2.29. The minimum absolute atomic E-state index is 0.0266. The van der Waals surface area contributed by atoms with E-state index in [2.05, 4.69) is 5.32 Å². The molecule has 1 atom stereocenters. The van der Waals surface area contributed by atoms with Gasteiger partial charge in [-0.2, -0.15) is 0 Å². The Balaban J connectivity index is 1.99. The first-order chi connectivity index (χ1) is 14.3. The first kappa shape index (κ1) is 23.5. The number of carbonyl (C=O) groups is 2. The van der Waals surface area contributed by atoms with Crippen LogP contribution in [0.25, 0.3) is 0 Å². The van der Waals surface area contributed by atoms with Gasteiger partial charge in [-0.15, -0.1) is 0 Å². The monoisotopic (exact) mass is 410 g/mol. The summed E-state index contributed by atoms with van der Waals surface area (Å²) in [6.45, 7) is 10.5. The smallest absolute Gasteiger partial charge is 0.242 e. The lowest BCUT2D eigenvalue weighted by molar-refractivity contribution is -0.141. The second kappa shape index (κ2) is 11.4. The fourth-order valence-corrected chi connectivity index (χ4v) is 3.19. The van der Waals surface area contributed by atoms with Crippen molar-refractivity contribution >= 4 is 11.8 Å². The van der Waals surface area contributed by atoms with E-state index in [0.29, 0.717) is 26.0 Å². The number of rotatable bonds is 10. The van der Waals surface area contributed by atoms with E-state index in [0.717, 1.165) is 16.9 Å². The maximum absolute atomic E-state index is 13.0. The number of aryl methyl sites for hydroxylation is 2. The molecule has 2 aromatic rings. The van der Waals surface area contributed by atoms with Crippen LogP contribution in [0.15, 0.2) is 48.5 Å². The first-order valence-corrected chi connectivity index (χ1v) is 10.6. The van der Waals surface area contributed by atoms with Crippen molar-refractivity contribution in [1.29, 1.82) is 0 Å². The van der Waals surface area contributed by atoms with Crippen LogP contribution in [0.4, 0.5) is 0 Å². The largest absolute Gasteiger partial charge is 0.494 e. The van der Waals surface area contributed by atoms with Gasteiger partial charge in [0.05, 0.1) is 6.61 Å². The van der Waals surface area contributed by atoms with Crippen LogP contribution in [0.5, 0.6) is 5.75 Å². The Hall–Kier alpha value is -2.82. The van der Waals surface area contributed by atoms with Crippen LogP contribution in [-0.4, -0.2) is 35.4 Å². The number of carbonyl (C=O) groups excluding carboxylic acids is 2. The zero-order chi connectivity index (χ0) is 22.1. The Labute approximate surface area is 180 Å². The number of benzene rings is 2. The van der Waals surface area contributed by atoms with E-state index < -0.39 is 6.04 Å². The average molecular weight is 411 g/mol. The third-order valence-electron chi connectivity index (χ3n) is 4.86. The number of nitrogens with one attached hydrogen (secondary N) is 1. The van der Waals surface area contributed by atoms with Crippen molar-refractivity contribution in [2.24, 2.45) is 0 Å². The highest BCUT2D eigenvalue weighted by Crippen LogP contribution is 2.15. The highest BCUT2D eigenvalue weighted by Gasteiger charge is 2.26. The highest BCUT2D eigenvalue weighted by molar-refractivity contribution is 5.87. The maximum Gasteiger partial charge on any atom is 0.242 e. The quantitative estimate of drug-likeness (QED) is 0.591. The van der Waals surface area contributed by atoms with E-state index in [1.165, 1.54) is 5.56 Å². The zero-order valence-corrected chi connectivity index (χ0v) is 18.8. The fraction of sp³-hybridized carbons (Fsp3) is 0.440. The summed E-state index contributed by atoms with van der Waals surface area (Å²) in [7, 11) is 0. The molecule has 1 N–H and O–H groups in total. The summed E-state index contributed by atoms with van der Waals surface area (Å²) in [6, 6.07) is 15.4. The molecule has 162 valence electrons. The van der Waals surface area contributed by atoms with Crippen LogP contribution in [0.2, 0.25) is 0 Å². The molecule has 0 aromatic heterocycles. The SMILES string of the molecule is Cc1ccc(OCCCC(=O)N(Cc2cccc(C)c2)C(C)C(=O)NC(C)C)cc1. The summed E-state index contributed by atoms with van der Waals surface area (Å²) >= 11 is 0. The second-order valence-electron chi connectivity index (χ2n) is 8.12. The predicted molar refractivity (Wildman–Crippen MR) is 120 cm³/mol. The third kappa shape index (κ3) is 7.54. The second-order valence-corrected chi connectivity index (χ2v) is 8.12. The third-order valence-corrected chi connectivity index (χ3v) is 4.86. The van der Waals surface area contributed by atoms with Gasteiger partial charge in [0.25, 0.3) is 0 Å². The van der Waals surface area contributed by atoms with Gasteiger partial charge in [-0.1, -0.05) is 47.5 Å². The molecule has 0 aliphatic carbocycles. The lowest BCUT2D eigenvalue weighted by Crippen LogP contribution is -2.49. The van der Waals surface area contributed by atoms with E-state index in [4.69, 9.17) is 4.74 Å². The van der Waals surface area contributed by atoms with Gasteiger partial charge in [-0.3, -0.25) is 9.59 Å². The van der Waals surface area contributed by atoms with E-state index in [-0.39, 0.29) is 17.9 Å². The summed E-state index contributed by atoms with van der Waals surface area (Å²) in [5.74, 6) is 0.617. The molecule has 0 heterocycles. The van der Waals surface area contributed by atoms with Crippen LogP contribution in [-0.2, 0) is 16.1 Å². The van der Waals surface area contributed by atoms with Crippen molar-refractivity contribution < 1.29 is 14.3 Å². The van der Waals surface area contributed by atoms with Crippen LogP contribution < -0.4 is 10.1 Å². The molecule has 2 rings (SSSR count). The summed E-state index contributed by atoms with van der Waals surface area (Å²) < 4.78 is 5.74. The van der Waals surface area contributed by atoms with Gasteiger partial charge in [-0.05, 0) is 58.7 Å². The van der Waals surface area contributed by atoms with E-state index in [9.17, 15) is 9.59 Å². The van der Waals surface area contributed by atoms with Crippen molar-refractivity contribution in [2.45, 2.75) is 66.1 Å². The Morgan fingerprint density at radius 3 is 2.33 bits per heavy atom. The van der Waals surface area contributed by atoms with Gasteiger partial charge < -0.3 is 15.0 Å². The van der Waals surface area contributed by atoms with Gasteiger partial charge >= 0.3 is 0 Å². The van der Waals surface area contributed by atoms with Crippen molar-refractivity contribution in [1.82, 2.24) is 10.2 Å². The Morgan fingerprint density at radius 1 is 1.00 bits per heavy atom. The molecule has 2 aromatic carbocycles. The molecule has 0 spiro atoms. The van der Waals surface area contributed by atoms with Crippen molar-refractivity contribution in [3.63, 3.8) is 0 Å². The summed E-state index contributed by atoms with van der Waals surface area (Å²) in [5.41, 5.74) is 3.33. The Kier molecular flexibility index (Phi) is 8.90. The van der Waals surface area contributed by atoms with Gasteiger partial charge in [0, 0.05) is 19.0 Å². The molecular weight excluding hydrogens is 376 g/mol. The molecule has 0 aliphatic rings. The average Bonchev–Trinajstić information content (AvgIpc) is 2.69. The van der Waals surface area contributed by atoms with E-state index in [1.807, 2.05) is 76.2 Å². The van der Waals surface area contributed by atoms with Gasteiger partial charge in [0.15, 0.2) is 0 Å². The van der Waals surface area contributed by atoms with E-state index in [1.54, 1.807) is 11.8 Å². The van der Waals surface area contributed by atoms with Crippen molar-refractivity contribution in [2.75, 3.05) is 6.61 Å². The topological polar surface area (TPSA) is 58.6 Å². The Morgan fingerprint density at radius 2 is 1.70 bits per heavy atom. The van der Waals surface area contributed by atoms with Crippen molar-refractivity contribution in [3.8, 4) is 5.75 Å². The predicted octanol–water partition coefficient (Wildman–Crippen LogP) is 4.40. The normalized spacial score (nSPS) is 11.8. The minimum Gasteiger partial charge on any atom is -0.494 e. The summed E-state index contributed by atoms with van der Waals surface area (Å²) in [4.78, 5) is 27.2. The highest BCUT2D eigenvalue weighted by atomic mass is 16.5. The number of ether oxygens (including phenoxy) is 1. The minimum atomic E-state index is -0.543. The van der Waals surface area contributed by atoms with Crippen molar-refractivity contribution in [3.05, 3.63) is 65.2 Å². The summed E-state index contributed by atoms with van der Waals surface area (Å²) in [5, 5.41) is 2.91. The molecule has 0 bridgehead atoms. The molecule has 30 heavy (non-hydrogen) atoms. The molecule has 0 radical (unpaired) electrons.